The zero-order valence-electron chi connectivity index (χ0n) is 52.8. The standard InChI is InChI=1S/C72H131NO8/c1-3-5-7-9-11-13-15-17-19-21-23-25-27-29-30-31-32-33-34-35-36-38-40-42-44-46-48-50-52-54-56-58-60-62-68(76)73-65(64-80-72-71(79)70(78)69(77)67(63-74)81-72)66(75)61-59-57-55-53-51-49-47-45-43-41-39-37-28-26-24-22-20-18-16-14-12-10-8-6-4-2/h5,7,11,13,17,19,23,25,29-30,32-33,65-67,69-72,74-75,77-79H,3-4,6,8-10,12,14-16,18,20-22,24,26-28,31,34-64H2,1-2H3,(H,73,76)/b7-5-,13-11-,19-17-,25-23-,30-29-,33-32-. The van der Waals surface area contributed by atoms with Gasteiger partial charge in [-0.2, -0.15) is 0 Å². The summed E-state index contributed by atoms with van der Waals surface area (Å²) in [5.74, 6) is -0.142. The van der Waals surface area contributed by atoms with Gasteiger partial charge in [-0.15, -0.1) is 0 Å². The third-order valence-corrected chi connectivity index (χ3v) is 16.3. The van der Waals surface area contributed by atoms with Crippen molar-refractivity contribution >= 4 is 5.91 Å². The Kier molecular flexibility index (Phi) is 57.5. The molecule has 472 valence electrons. The number of hydrogen-bond acceptors (Lipinski definition) is 8. The Morgan fingerprint density at radius 1 is 0.432 bits per heavy atom. The first-order valence-electron chi connectivity index (χ1n) is 34.6. The third-order valence-electron chi connectivity index (χ3n) is 16.3. The molecule has 0 radical (unpaired) electrons. The SMILES string of the molecule is CC/C=C\C/C=C\C/C=C\C/C=C\C/C=C\C/C=C\CCCCCCCCCCCCCCCCC(=O)NC(COC1OC(CO)C(O)C(O)C1O)C(O)CCCCCCCCCCCCCCCCCCCCCCCCCCC. The number of nitrogens with one attached hydrogen (secondary N) is 1. The van der Waals surface area contributed by atoms with Gasteiger partial charge >= 0.3 is 0 Å². The molecule has 6 N–H and O–H groups in total. The van der Waals surface area contributed by atoms with E-state index >= 15 is 0 Å². The number of rotatable bonds is 60. The van der Waals surface area contributed by atoms with Crippen LogP contribution < -0.4 is 5.32 Å². The minimum Gasteiger partial charge on any atom is -0.394 e. The molecule has 0 aliphatic carbocycles. The van der Waals surface area contributed by atoms with Gasteiger partial charge in [-0.25, -0.2) is 0 Å². The molecule has 0 aromatic rings. The lowest BCUT2D eigenvalue weighted by atomic mass is 9.99. The molecule has 1 rings (SSSR count). The Balaban J connectivity index is 2.12. The smallest absolute Gasteiger partial charge is 0.220 e. The van der Waals surface area contributed by atoms with Gasteiger partial charge in [-0.3, -0.25) is 4.79 Å². The number of aliphatic hydroxyl groups is 5. The highest BCUT2D eigenvalue weighted by Crippen LogP contribution is 2.24. The number of carbonyl (C=O) groups excluding carboxylic acids is 1. The van der Waals surface area contributed by atoms with Crippen molar-refractivity contribution in [2.45, 2.75) is 365 Å². The van der Waals surface area contributed by atoms with E-state index in [1.165, 1.54) is 218 Å². The molecular weight excluding hydrogens is 1010 g/mol. The third kappa shape index (κ3) is 49.6. The lowest BCUT2D eigenvalue weighted by Gasteiger charge is -2.40. The second-order valence-corrected chi connectivity index (χ2v) is 23.9. The maximum atomic E-state index is 13.2. The minimum atomic E-state index is -1.56. The van der Waals surface area contributed by atoms with E-state index in [0.29, 0.717) is 12.8 Å². The number of hydrogen-bond donors (Lipinski definition) is 6. The fourth-order valence-electron chi connectivity index (χ4n) is 10.9. The lowest BCUT2D eigenvalue weighted by Crippen LogP contribution is -2.60. The Labute approximate surface area is 499 Å². The molecule has 1 aliphatic rings. The molecule has 9 nitrogen and oxygen atoms in total. The van der Waals surface area contributed by atoms with E-state index in [2.05, 4.69) is 92.1 Å². The number of unbranched alkanes of at least 4 members (excludes halogenated alkanes) is 38. The predicted octanol–water partition coefficient (Wildman–Crippen LogP) is 18.8. The van der Waals surface area contributed by atoms with Crippen molar-refractivity contribution in [3.8, 4) is 0 Å². The average Bonchev–Trinajstić information content (AvgIpc) is 3.50. The molecule has 0 aromatic heterocycles. The first-order chi connectivity index (χ1) is 39.8. The van der Waals surface area contributed by atoms with Gasteiger partial charge in [0.05, 0.1) is 25.4 Å². The minimum absolute atomic E-state index is 0.138. The molecule has 0 spiro atoms. The van der Waals surface area contributed by atoms with Crippen molar-refractivity contribution in [1.82, 2.24) is 5.32 Å². The first kappa shape index (κ1) is 76.6. The van der Waals surface area contributed by atoms with E-state index in [1.54, 1.807) is 0 Å². The molecule has 1 fully saturated rings. The molecule has 0 aromatic carbocycles. The van der Waals surface area contributed by atoms with Crippen LogP contribution in [0.5, 0.6) is 0 Å². The summed E-state index contributed by atoms with van der Waals surface area (Å²) >= 11 is 0. The summed E-state index contributed by atoms with van der Waals surface area (Å²) in [5, 5.41) is 54.9. The van der Waals surface area contributed by atoms with E-state index in [0.717, 1.165) is 77.0 Å². The number of ether oxygens (including phenoxy) is 2. The van der Waals surface area contributed by atoms with Crippen LogP contribution in [0.15, 0.2) is 72.9 Å². The highest BCUT2D eigenvalue weighted by molar-refractivity contribution is 5.76. The van der Waals surface area contributed by atoms with Crippen LogP contribution in [0.1, 0.15) is 322 Å². The van der Waals surface area contributed by atoms with E-state index in [-0.39, 0.29) is 12.5 Å². The molecule has 1 amide bonds. The van der Waals surface area contributed by atoms with Crippen LogP contribution in [0.3, 0.4) is 0 Å². The molecule has 81 heavy (non-hydrogen) atoms. The molecule has 1 heterocycles. The fourth-order valence-corrected chi connectivity index (χ4v) is 10.9. The van der Waals surface area contributed by atoms with Crippen molar-refractivity contribution in [2.75, 3.05) is 13.2 Å². The van der Waals surface area contributed by atoms with Crippen molar-refractivity contribution < 1.29 is 39.8 Å². The van der Waals surface area contributed by atoms with Crippen molar-refractivity contribution in [2.24, 2.45) is 0 Å². The van der Waals surface area contributed by atoms with Gasteiger partial charge in [0.15, 0.2) is 6.29 Å². The van der Waals surface area contributed by atoms with Crippen molar-refractivity contribution in [3.63, 3.8) is 0 Å². The van der Waals surface area contributed by atoms with Gasteiger partial charge in [-0.1, -0.05) is 324 Å². The van der Waals surface area contributed by atoms with Gasteiger partial charge in [0.2, 0.25) is 5.91 Å². The summed E-state index contributed by atoms with van der Waals surface area (Å²) < 4.78 is 11.4. The van der Waals surface area contributed by atoms with E-state index in [1.807, 2.05) is 0 Å². The highest BCUT2D eigenvalue weighted by atomic mass is 16.7. The number of allylic oxidation sites excluding steroid dienone is 12. The van der Waals surface area contributed by atoms with E-state index in [4.69, 9.17) is 9.47 Å². The zero-order chi connectivity index (χ0) is 58.6. The van der Waals surface area contributed by atoms with Crippen LogP contribution in [0.4, 0.5) is 0 Å². The molecule has 0 saturated carbocycles. The highest BCUT2D eigenvalue weighted by Gasteiger charge is 2.44. The predicted molar refractivity (Wildman–Crippen MR) is 345 cm³/mol. The number of aliphatic hydroxyl groups excluding tert-OH is 5. The first-order valence-corrected chi connectivity index (χ1v) is 34.6. The number of amides is 1. The Morgan fingerprint density at radius 3 is 1.14 bits per heavy atom. The molecule has 9 heteroatoms. The summed E-state index contributed by atoms with van der Waals surface area (Å²) in [6.07, 6.45) is 78.1. The lowest BCUT2D eigenvalue weighted by molar-refractivity contribution is -0.302. The van der Waals surface area contributed by atoms with E-state index < -0.39 is 49.5 Å². The van der Waals surface area contributed by atoms with Gasteiger partial charge in [0.1, 0.15) is 24.4 Å². The van der Waals surface area contributed by atoms with Gasteiger partial charge in [-0.05, 0) is 64.2 Å². The fraction of sp³-hybridized carbons (Fsp3) is 0.819. The van der Waals surface area contributed by atoms with Crippen LogP contribution in [-0.2, 0) is 14.3 Å². The summed E-state index contributed by atoms with van der Waals surface area (Å²) in [5.41, 5.74) is 0. The monoisotopic (exact) mass is 1140 g/mol. The van der Waals surface area contributed by atoms with Gasteiger partial charge < -0.3 is 40.3 Å². The second kappa shape index (κ2) is 60.7. The zero-order valence-corrected chi connectivity index (χ0v) is 52.8. The van der Waals surface area contributed by atoms with Crippen molar-refractivity contribution in [1.29, 1.82) is 0 Å². The second-order valence-electron chi connectivity index (χ2n) is 23.9. The summed E-state index contributed by atoms with van der Waals surface area (Å²) in [6, 6.07) is -0.724. The summed E-state index contributed by atoms with van der Waals surface area (Å²) in [4.78, 5) is 13.2. The largest absolute Gasteiger partial charge is 0.394 e. The quantitative estimate of drug-likeness (QED) is 0.0261. The Hall–Kier alpha value is -2.37. The molecule has 7 atom stereocenters. The molecule has 0 bridgehead atoms. The van der Waals surface area contributed by atoms with Crippen molar-refractivity contribution in [3.05, 3.63) is 72.9 Å². The van der Waals surface area contributed by atoms with E-state index in [9.17, 15) is 30.3 Å². The van der Waals surface area contributed by atoms with Crippen LogP contribution in [0.2, 0.25) is 0 Å². The normalized spacial score (nSPS) is 18.8. The topological polar surface area (TPSA) is 149 Å². The maximum Gasteiger partial charge on any atom is 0.220 e. The van der Waals surface area contributed by atoms with Crippen LogP contribution in [-0.4, -0.2) is 87.5 Å². The molecule has 1 aliphatic heterocycles. The van der Waals surface area contributed by atoms with Crippen LogP contribution in [0.25, 0.3) is 0 Å². The summed E-state index contributed by atoms with van der Waals surface area (Å²) in [7, 11) is 0. The number of carbonyl (C=O) groups is 1. The summed E-state index contributed by atoms with van der Waals surface area (Å²) in [6.45, 7) is 3.76. The average molecular weight is 1140 g/mol. The molecular formula is C72H131NO8. The molecule has 1 saturated heterocycles. The Bertz CT molecular complexity index is 1510. The molecule has 7 unspecified atom stereocenters. The Morgan fingerprint density at radius 2 is 0.765 bits per heavy atom. The van der Waals surface area contributed by atoms with Gasteiger partial charge in [0.25, 0.3) is 0 Å². The maximum absolute atomic E-state index is 13.2. The van der Waals surface area contributed by atoms with Gasteiger partial charge in [0, 0.05) is 6.42 Å². The van der Waals surface area contributed by atoms with Crippen LogP contribution in [0, 0.1) is 0 Å². The van der Waals surface area contributed by atoms with Crippen LogP contribution >= 0.6 is 0 Å².